The molecule has 2 unspecified atom stereocenters. The highest BCUT2D eigenvalue weighted by Gasteiger charge is 2.26. The number of quaternary nitrogens is 1. The molecule has 0 aliphatic carbocycles. The van der Waals surface area contributed by atoms with E-state index in [2.05, 4.69) is 111 Å². The van der Waals surface area contributed by atoms with Crippen LogP contribution in [0.4, 0.5) is 0 Å². The highest BCUT2D eigenvalue weighted by atomic mass is 31.2. The van der Waals surface area contributed by atoms with Crippen molar-refractivity contribution in [3.63, 3.8) is 0 Å². The summed E-state index contributed by atoms with van der Waals surface area (Å²) in [6, 6.07) is 0. The second-order valence-electron chi connectivity index (χ2n) is 13.9. The second-order valence-corrected chi connectivity index (χ2v) is 15.3. The molecule has 0 rings (SSSR count). The molecule has 0 aromatic carbocycles. The zero-order valence-electron chi connectivity index (χ0n) is 34.0. The van der Waals surface area contributed by atoms with Crippen molar-refractivity contribution in [3.8, 4) is 0 Å². The smallest absolute Gasteiger partial charge is 0.457 e. The Morgan fingerprint density at radius 1 is 0.585 bits per heavy atom. The van der Waals surface area contributed by atoms with E-state index in [0.29, 0.717) is 24.1 Å². The second kappa shape index (κ2) is 36.4. The number of hydrogen-bond acceptors (Lipinski definition) is 6. The van der Waals surface area contributed by atoms with Gasteiger partial charge in [0.15, 0.2) is 0 Å². The predicted molar refractivity (Wildman–Crippen MR) is 224 cm³/mol. The number of carbonyl (C=O) groups excluding carboxylic acids is 1. The first kappa shape index (κ1) is 50.4. The minimum atomic E-state index is -4.30. The fourth-order valence-corrected chi connectivity index (χ4v) is 5.37. The number of phosphoric acid groups is 1. The summed E-state index contributed by atoms with van der Waals surface area (Å²) in [5.74, 6) is -0.361. The normalized spacial score (nSPS) is 14.9. The van der Waals surface area contributed by atoms with Gasteiger partial charge in [-0.15, -0.1) is 0 Å². The Bertz CT molecular complexity index is 1160. The number of phosphoric ester groups is 1. The van der Waals surface area contributed by atoms with Gasteiger partial charge < -0.3 is 18.9 Å². The van der Waals surface area contributed by atoms with Crippen LogP contribution in [0.2, 0.25) is 0 Å². The molecule has 0 fully saturated rings. The van der Waals surface area contributed by atoms with Gasteiger partial charge in [0.05, 0.1) is 41.0 Å². The Kier molecular flexibility index (Phi) is 34.6. The van der Waals surface area contributed by atoms with E-state index in [9.17, 15) is 14.3 Å². The lowest BCUT2D eigenvalue weighted by Gasteiger charge is -2.24. The van der Waals surface area contributed by atoms with Crippen LogP contribution in [0.1, 0.15) is 117 Å². The molecule has 1 N–H and O–H groups in total. The molecule has 0 aromatic heterocycles. The van der Waals surface area contributed by atoms with E-state index in [1.54, 1.807) is 0 Å². The zero-order chi connectivity index (χ0) is 39.1. The van der Waals surface area contributed by atoms with Gasteiger partial charge in [0.2, 0.25) is 0 Å². The maximum Gasteiger partial charge on any atom is 0.472 e. The Morgan fingerprint density at radius 3 is 1.55 bits per heavy atom. The molecule has 9 heteroatoms. The van der Waals surface area contributed by atoms with Crippen molar-refractivity contribution < 1.29 is 37.3 Å². The van der Waals surface area contributed by atoms with Crippen LogP contribution in [-0.4, -0.2) is 75.6 Å². The van der Waals surface area contributed by atoms with Crippen LogP contribution in [0.15, 0.2) is 97.2 Å². The zero-order valence-corrected chi connectivity index (χ0v) is 34.8. The van der Waals surface area contributed by atoms with Crippen LogP contribution < -0.4 is 0 Å². The molecule has 0 saturated heterocycles. The summed E-state index contributed by atoms with van der Waals surface area (Å²) in [5.41, 5.74) is 0. The molecule has 0 aliphatic rings. The van der Waals surface area contributed by atoms with E-state index in [4.69, 9.17) is 18.5 Å². The van der Waals surface area contributed by atoms with Crippen molar-refractivity contribution in [1.82, 2.24) is 0 Å². The average Bonchev–Trinajstić information content (AvgIpc) is 3.11. The highest BCUT2D eigenvalue weighted by molar-refractivity contribution is 7.47. The van der Waals surface area contributed by atoms with Crippen molar-refractivity contribution >= 4 is 13.8 Å². The topological polar surface area (TPSA) is 91.3 Å². The SMILES string of the molecule is CC/C=C\C/C=C\C/C=C\C/C=C\C/C=C\CCOCC(COP(=O)(O)OCC[N+](C)(C)C)OC(=O)CCCCCCC/C=C\C/C=C\C/C=C\CC. The molecule has 0 aliphatic heterocycles. The largest absolute Gasteiger partial charge is 0.472 e. The van der Waals surface area contributed by atoms with Gasteiger partial charge >= 0.3 is 13.8 Å². The number of esters is 1. The third-order valence-electron chi connectivity index (χ3n) is 7.66. The average molecular weight is 761 g/mol. The number of carbonyl (C=O) groups is 1. The predicted octanol–water partition coefficient (Wildman–Crippen LogP) is 11.5. The number of likely N-dealkylation sites (N-methyl/N-ethyl adjacent to an activating group) is 1. The first-order valence-corrected chi connectivity index (χ1v) is 21.5. The van der Waals surface area contributed by atoms with Crippen molar-refractivity contribution in [2.75, 3.05) is 54.1 Å². The molecule has 0 amide bonds. The lowest BCUT2D eigenvalue weighted by Crippen LogP contribution is -2.37. The summed E-state index contributed by atoms with van der Waals surface area (Å²) in [5, 5.41) is 0. The van der Waals surface area contributed by atoms with E-state index in [0.717, 1.165) is 89.9 Å². The van der Waals surface area contributed by atoms with Crippen molar-refractivity contribution in [2.24, 2.45) is 0 Å². The molecule has 0 saturated carbocycles. The van der Waals surface area contributed by atoms with Crippen LogP contribution in [0, 0.1) is 0 Å². The molecule has 0 radical (unpaired) electrons. The van der Waals surface area contributed by atoms with Gasteiger partial charge in [-0.1, -0.05) is 130 Å². The monoisotopic (exact) mass is 761 g/mol. The fraction of sp³-hybridized carbons (Fsp3) is 0.614. The molecule has 0 heterocycles. The third kappa shape index (κ3) is 40.4. The number of allylic oxidation sites excluding steroid dienone is 15. The Hall–Kier alpha value is -2.58. The molecule has 8 nitrogen and oxygen atoms in total. The summed E-state index contributed by atoms with van der Waals surface area (Å²) in [6.45, 7) is 5.10. The maximum atomic E-state index is 12.6. The minimum Gasteiger partial charge on any atom is -0.457 e. The molecule has 53 heavy (non-hydrogen) atoms. The van der Waals surface area contributed by atoms with Crippen LogP contribution in [0.3, 0.4) is 0 Å². The first-order valence-electron chi connectivity index (χ1n) is 20.0. The standard InChI is InChI=1S/C44H74NO7P/c1-6-8-10-12-14-16-18-20-22-24-26-28-30-32-34-36-39-49-41-43(42-51-53(47,48)50-40-38-45(3,4)5)52-44(46)37-35-33-31-29-27-25-23-21-19-17-15-13-11-9-7-2/h8-11,14-17,20-23,26,28,32,34,43H,6-7,12-13,18-19,24-25,27,29-31,33,35-42H2,1-5H3/p+1/b10-8-,11-9-,16-14-,17-15-,22-20-,23-21-,28-26-,34-32-. The molecular formula is C44H75NO7P+. The van der Waals surface area contributed by atoms with Crippen molar-refractivity contribution in [2.45, 2.75) is 123 Å². The summed E-state index contributed by atoms with van der Waals surface area (Å²) < 4.78 is 34.7. The van der Waals surface area contributed by atoms with Gasteiger partial charge in [-0.2, -0.15) is 0 Å². The number of hydrogen-bond donors (Lipinski definition) is 1. The van der Waals surface area contributed by atoms with Gasteiger partial charge in [-0.25, -0.2) is 4.57 Å². The van der Waals surface area contributed by atoms with E-state index in [-0.39, 0.29) is 32.2 Å². The lowest BCUT2D eigenvalue weighted by molar-refractivity contribution is -0.870. The first-order chi connectivity index (χ1) is 25.6. The quantitative estimate of drug-likeness (QED) is 0.0226. The fourth-order valence-electron chi connectivity index (χ4n) is 4.63. The molecule has 0 aromatic rings. The van der Waals surface area contributed by atoms with Crippen LogP contribution in [0.5, 0.6) is 0 Å². The Balaban J connectivity index is 4.47. The van der Waals surface area contributed by atoms with E-state index < -0.39 is 13.9 Å². The van der Waals surface area contributed by atoms with E-state index in [1.807, 2.05) is 21.1 Å². The molecule has 2 atom stereocenters. The minimum absolute atomic E-state index is 0.0640. The van der Waals surface area contributed by atoms with Gasteiger partial charge in [0.25, 0.3) is 0 Å². The summed E-state index contributed by atoms with van der Waals surface area (Å²) in [6.07, 6.45) is 48.9. The molecular weight excluding hydrogens is 685 g/mol. The number of rotatable bonds is 35. The number of ether oxygens (including phenoxy) is 2. The number of nitrogens with zero attached hydrogens (tertiary/aromatic N) is 1. The lowest BCUT2D eigenvalue weighted by atomic mass is 10.1. The Morgan fingerprint density at radius 2 is 1.04 bits per heavy atom. The summed E-state index contributed by atoms with van der Waals surface area (Å²) in [4.78, 5) is 22.8. The van der Waals surface area contributed by atoms with Crippen LogP contribution >= 0.6 is 7.82 Å². The van der Waals surface area contributed by atoms with Crippen LogP contribution in [-0.2, 0) is 27.9 Å². The number of unbranched alkanes of at least 4 members (excludes halogenated alkanes) is 5. The van der Waals surface area contributed by atoms with Crippen molar-refractivity contribution in [3.05, 3.63) is 97.2 Å². The van der Waals surface area contributed by atoms with Gasteiger partial charge in [-0.05, 0) is 77.0 Å². The van der Waals surface area contributed by atoms with Crippen LogP contribution in [0.25, 0.3) is 0 Å². The summed E-state index contributed by atoms with van der Waals surface area (Å²) >= 11 is 0. The van der Waals surface area contributed by atoms with Crippen molar-refractivity contribution in [1.29, 1.82) is 0 Å². The Labute approximate surface area is 324 Å². The molecule has 302 valence electrons. The van der Waals surface area contributed by atoms with Gasteiger partial charge in [0, 0.05) is 6.42 Å². The molecule has 0 spiro atoms. The summed E-state index contributed by atoms with van der Waals surface area (Å²) in [7, 11) is 1.59. The third-order valence-corrected chi connectivity index (χ3v) is 8.64. The van der Waals surface area contributed by atoms with E-state index in [1.165, 1.54) is 0 Å². The van der Waals surface area contributed by atoms with E-state index >= 15 is 0 Å². The van der Waals surface area contributed by atoms with Gasteiger partial charge in [0.1, 0.15) is 19.3 Å². The van der Waals surface area contributed by atoms with Gasteiger partial charge in [-0.3, -0.25) is 13.8 Å². The highest BCUT2D eigenvalue weighted by Crippen LogP contribution is 2.43. The molecule has 0 bridgehead atoms. The maximum absolute atomic E-state index is 12.6.